The Morgan fingerprint density at radius 3 is 2.79 bits per heavy atom. The van der Waals surface area contributed by atoms with Crippen LogP contribution in [0.2, 0.25) is 0 Å². The Morgan fingerprint density at radius 1 is 1.42 bits per heavy atom. The van der Waals surface area contributed by atoms with Crippen molar-refractivity contribution in [2.45, 2.75) is 17.7 Å². The first-order valence-corrected chi connectivity index (χ1v) is 8.53. The minimum Gasteiger partial charge on any atom is -0.380 e. The zero-order valence-corrected chi connectivity index (χ0v) is 13.3. The van der Waals surface area contributed by atoms with E-state index in [0.29, 0.717) is 24.0 Å². The van der Waals surface area contributed by atoms with Gasteiger partial charge in [0.25, 0.3) is 0 Å². The fraction of sp³-hybridized carbons (Fsp3) is 0.538. The van der Waals surface area contributed by atoms with Crippen LogP contribution in [0.3, 0.4) is 0 Å². The topological polar surface area (TPSA) is 46.6 Å². The molecule has 6 heteroatoms. The van der Waals surface area contributed by atoms with Gasteiger partial charge in [0.1, 0.15) is 0 Å². The van der Waals surface area contributed by atoms with Gasteiger partial charge >= 0.3 is 0 Å². The molecule has 0 spiro atoms. The van der Waals surface area contributed by atoms with E-state index in [1.165, 1.54) is 17.1 Å². The van der Waals surface area contributed by atoms with Gasteiger partial charge in [0.15, 0.2) is 0 Å². The second-order valence-electron chi connectivity index (χ2n) is 4.80. The number of hydrogen-bond acceptors (Lipinski definition) is 3. The van der Waals surface area contributed by atoms with Gasteiger partial charge in [0.2, 0.25) is 10.0 Å². The standard InChI is InChI=1S/C13H18BrNO3S/c1-15(7-8-18-10-11-5-6-11)19(16,17)13-4-2-3-12(14)9-13/h2-4,9,11H,5-8,10H2,1H3. The van der Waals surface area contributed by atoms with Crippen molar-refractivity contribution in [2.75, 3.05) is 26.8 Å². The third-order valence-electron chi connectivity index (χ3n) is 3.11. The summed E-state index contributed by atoms with van der Waals surface area (Å²) in [6, 6.07) is 6.73. The number of sulfonamides is 1. The highest BCUT2D eigenvalue weighted by molar-refractivity contribution is 9.10. The second-order valence-corrected chi connectivity index (χ2v) is 7.76. The molecule has 0 aliphatic heterocycles. The number of hydrogen-bond donors (Lipinski definition) is 0. The third-order valence-corrected chi connectivity index (χ3v) is 5.45. The van der Waals surface area contributed by atoms with Gasteiger partial charge in [-0.25, -0.2) is 8.42 Å². The summed E-state index contributed by atoms with van der Waals surface area (Å²) in [7, 11) is -1.84. The molecule has 1 fully saturated rings. The summed E-state index contributed by atoms with van der Waals surface area (Å²) in [5, 5.41) is 0. The Morgan fingerprint density at radius 2 is 2.16 bits per heavy atom. The normalized spacial score (nSPS) is 15.9. The van der Waals surface area contributed by atoms with Gasteiger partial charge in [-0.2, -0.15) is 4.31 Å². The zero-order valence-electron chi connectivity index (χ0n) is 10.9. The molecule has 2 rings (SSSR count). The Bertz CT molecular complexity index is 528. The maximum Gasteiger partial charge on any atom is 0.242 e. The van der Waals surface area contributed by atoms with Crippen molar-refractivity contribution in [3.8, 4) is 0 Å². The van der Waals surface area contributed by atoms with Gasteiger partial charge in [-0.3, -0.25) is 0 Å². The van der Waals surface area contributed by atoms with E-state index in [4.69, 9.17) is 4.74 Å². The highest BCUT2D eigenvalue weighted by Crippen LogP contribution is 2.28. The molecule has 0 amide bonds. The molecule has 0 heterocycles. The van der Waals surface area contributed by atoms with Crippen LogP contribution in [-0.4, -0.2) is 39.5 Å². The first-order chi connectivity index (χ1) is 9.00. The fourth-order valence-electron chi connectivity index (χ4n) is 1.66. The van der Waals surface area contributed by atoms with Crippen LogP contribution in [0, 0.1) is 5.92 Å². The van der Waals surface area contributed by atoms with E-state index < -0.39 is 10.0 Å². The maximum absolute atomic E-state index is 12.3. The summed E-state index contributed by atoms with van der Waals surface area (Å²) in [5.74, 6) is 0.701. The molecule has 0 bridgehead atoms. The molecule has 0 radical (unpaired) electrons. The largest absolute Gasteiger partial charge is 0.380 e. The fourth-order valence-corrected chi connectivity index (χ4v) is 3.41. The van der Waals surface area contributed by atoms with E-state index in [-0.39, 0.29) is 0 Å². The lowest BCUT2D eigenvalue weighted by molar-refractivity contribution is 0.117. The lowest BCUT2D eigenvalue weighted by Gasteiger charge is -2.17. The van der Waals surface area contributed by atoms with Crippen LogP contribution < -0.4 is 0 Å². The summed E-state index contributed by atoms with van der Waals surface area (Å²) in [5.41, 5.74) is 0. The first-order valence-electron chi connectivity index (χ1n) is 6.30. The molecule has 1 saturated carbocycles. The quantitative estimate of drug-likeness (QED) is 0.712. The highest BCUT2D eigenvalue weighted by Gasteiger charge is 2.23. The van der Waals surface area contributed by atoms with Crippen molar-refractivity contribution in [3.05, 3.63) is 28.7 Å². The van der Waals surface area contributed by atoms with Crippen LogP contribution in [0.5, 0.6) is 0 Å². The SMILES string of the molecule is CN(CCOCC1CC1)S(=O)(=O)c1cccc(Br)c1. The summed E-state index contributed by atoms with van der Waals surface area (Å²) in [6.07, 6.45) is 2.48. The first kappa shape index (κ1) is 15.0. The Hall–Kier alpha value is -0.430. The van der Waals surface area contributed by atoms with E-state index in [0.717, 1.165) is 11.1 Å². The van der Waals surface area contributed by atoms with Crippen LogP contribution >= 0.6 is 15.9 Å². The monoisotopic (exact) mass is 347 g/mol. The predicted octanol–water partition coefficient (Wildman–Crippen LogP) is 2.50. The van der Waals surface area contributed by atoms with Gasteiger partial charge < -0.3 is 4.74 Å². The Balaban J connectivity index is 1.90. The smallest absolute Gasteiger partial charge is 0.242 e. The van der Waals surface area contributed by atoms with Gasteiger partial charge in [0, 0.05) is 24.7 Å². The van der Waals surface area contributed by atoms with Crippen LogP contribution in [-0.2, 0) is 14.8 Å². The van der Waals surface area contributed by atoms with Crippen molar-refractivity contribution in [1.29, 1.82) is 0 Å². The van der Waals surface area contributed by atoms with Crippen molar-refractivity contribution in [1.82, 2.24) is 4.31 Å². The van der Waals surface area contributed by atoms with E-state index in [1.807, 2.05) is 0 Å². The number of benzene rings is 1. The van der Waals surface area contributed by atoms with Crippen molar-refractivity contribution in [2.24, 2.45) is 5.92 Å². The van der Waals surface area contributed by atoms with E-state index in [9.17, 15) is 8.42 Å². The van der Waals surface area contributed by atoms with Crippen molar-refractivity contribution < 1.29 is 13.2 Å². The molecule has 4 nitrogen and oxygen atoms in total. The van der Waals surface area contributed by atoms with Gasteiger partial charge in [0.05, 0.1) is 11.5 Å². The number of likely N-dealkylation sites (N-methyl/N-ethyl adjacent to an activating group) is 1. The molecule has 1 aliphatic carbocycles. The molecule has 1 aliphatic rings. The molecular weight excluding hydrogens is 330 g/mol. The van der Waals surface area contributed by atoms with Gasteiger partial charge in [-0.1, -0.05) is 22.0 Å². The van der Waals surface area contributed by atoms with Crippen LogP contribution in [0.4, 0.5) is 0 Å². The molecule has 0 aromatic heterocycles. The van der Waals surface area contributed by atoms with Gasteiger partial charge in [-0.15, -0.1) is 0 Å². The summed E-state index contributed by atoms with van der Waals surface area (Å²) in [6.45, 7) is 1.58. The van der Waals surface area contributed by atoms with Crippen LogP contribution in [0.1, 0.15) is 12.8 Å². The lowest BCUT2D eigenvalue weighted by Crippen LogP contribution is -2.30. The van der Waals surface area contributed by atoms with E-state index in [1.54, 1.807) is 31.3 Å². The summed E-state index contributed by atoms with van der Waals surface area (Å²) < 4.78 is 32.1. The van der Waals surface area contributed by atoms with Crippen molar-refractivity contribution in [3.63, 3.8) is 0 Å². The lowest BCUT2D eigenvalue weighted by atomic mass is 10.4. The molecule has 106 valence electrons. The number of ether oxygens (including phenoxy) is 1. The van der Waals surface area contributed by atoms with Gasteiger partial charge in [-0.05, 0) is 37.0 Å². The van der Waals surface area contributed by atoms with Crippen LogP contribution in [0.25, 0.3) is 0 Å². The van der Waals surface area contributed by atoms with E-state index >= 15 is 0 Å². The summed E-state index contributed by atoms with van der Waals surface area (Å²) >= 11 is 3.28. The summed E-state index contributed by atoms with van der Waals surface area (Å²) in [4.78, 5) is 0.298. The maximum atomic E-state index is 12.3. The van der Waals surface area contributed by atoms with E-state index in [2.05, 4.69) is 15.9 Å². The average molecular weight is 348 g/mol. The molecule has 1 aromatic carbocycles. The number of nitrogens with zero attached hydrogens (tertiary/aromatic N) is 1. The molecule has 19 heavy (non-hydrogen) atoms. The third kappa shape index (κ3) is 4.27. The molecule has 0 saturated heterocycles. The zero-order chi connectivity index (χ0) is 13.9. The molecule has 0 N–H and O–H groups in total. The molecular formula is C13H18BrNO3S. The minimum atomic E-state index is -3.42. The highest BCUT2D eigenvalue weighted by atomic mass is 79.9. The molecule has 0 atom stereocenters. The van der Waals surface area contributed by atoms with Crippen LogP contribution in [0.15, 0.2) is 33.6 Å². The molecule has 1 aromatic rings. The Labute approximate surface area is 122 Å². The average Bonchev–Trinajstić information content (AvgIpc) is 3.18. The Kier molecular flexibility index (Phi) is 5.00. The molecule has 0 unspecified atom stereocenters. The predicted molar refractivity (Wildman–Crippen MR) is 77.5 cm³/mol. The second kappa shape index (κ2) is 6.35. The number of rotatable bonds is 7. The minimum absolute atomic E-state index is 0.298. The van der Waals surface area contributed by atoms with Crippen molar-refractivity contribution >= 4 is 26.0 Å². The number of halogens is 1.